The van der Waals surface area contributed by atoms with Crippen molar-refractivity contribution in [3.63, 3.8) is 0 Å². The van der Waals surface area contributed by atoms with Crippen LogP contribution in [-0.4, -0.2) is 4.98 Å². The average Bonchev–Trinajstić information content (AvgIpc) is 2.27. The van der Waals surface area contributed by atoms with Crippen LogP contribution in [0.3, 0.4) is 0 Å². The molecule has 0 N–H and O–H groups in total. The summed E-state index contributed by atoms with van der Waals surface area (Å²) in [7, 11) is 0. The second kappa shape index (κ2) is 4.57. The quantitative estimate of drug-likeness (QED) is 0.720. The lowest BCUT2D eigenvalue weighted by Gasteiger charge is -2.29. The molecule has 0 aromatic carbocycles. The van der Waals surface area contributed by atoms with Crippen LogP contribution in [0, 0.1) is 5.92 Å². The summed E-state index contributed by atoms with van der Waals surface area (Å²) >= 11 is 0. The van der Waals surface area contributed by atoms with Crippen molar-refractivity contribution in [2.24, 2.45) is 5.92 Å². The number of fused-ring (bicyclic) bond motifs is 1. The SMILES string of the molecule is CC(C)c1cc2c(cn1)CCCC2C(C)C. The van der Waals surface area contributed by atoms with Crippen molar-refractivity contribution in [2.45, 2.75) is 58.8 Å². The molecule has 0 bridgehead atoms. The summed E-state index contributed by atoms with van der Waals surface area (Å²) in [6.45, 7) is 9.13. The molecule has 0 saturated carbocycles. The molecule has 1 aliphatic carbocycles. The van der Waals surface area contributed by atoms with Gasteiger partial charge in [-0.15, -0.1) is 0 Å². The van der Waals surface area contributed by atoms with Gasteiger partial charge < -0.3 is 0 Å². The Bertz CT molecular complexity index is 366. The molecule has 0 amide bonds. The van der Waals surface area contributed by atoms with Gasteiger partial charge in [-0.05, 0) is 54.2 Å². The molecular formula is C15H23N. The Hall–Kier alpha value is -0.850. The molecular weight excluding hydrogens is 194 g/mol. The van der Waals surface area contributed by atoms with Crippen molar-refractivity contribution in [1.29, 1.82) is 0 Å². The van der Waals surface area contributed by atoms with Gasteiger partial charge in [0.2, 0.25) is 0 Å². The molecule has 1 nitrogen and oxygen atoms in total. The minimum atomic E-state index is 0.542. The minimum absolute atomic E-state index is 0.542. The van der Waals surface area contributed by atoms with Crippen LogP contribution >= 0.6 is 0 Å². The van der Waals surface area contributed by atoms with Crippen LogP contribution < -0.4 is 0 Å². The first kappa shape index (κ1) is 11.6. The predicted molar refractivity (Wildman–Crippen MR) is 68.8 cm³/mol. The van der Waals surface area contributed by atoms with Crippen LogP contribution in [0.4, 0.5) is 0 Å². The number of hydrogen-bond donors (Lipinski definition) is 0. The van der Waals surface area contributed by atoms with Gasteiger partial charge in [-0.2, -0.15) is 0 Å². The van der Waals surface area contributed by atoms with E-state index in [4.69, 9.17) is 0 Å². The van der Waals surface area contributed by atoms with Gasteiger partial charge in [-0.25, -0.2) is 0 Å². The molecule has 16 heavy (non-hydrogen) atoms. The van der Waals surface area contributed by atoms with E-state index in [1.54, 1.807) is 5.56 Å². The van der Waals surface area contributed by atoms with E-state index in [0.717, 1.165) is 11.8 Å². The lowest BCUT2D eigenvalue weighted by molar-refractivity contribution is 0.432. The zero-order valence-electron chi connectivity index (χ0n) is 11.0. The maximum atomic E-state index is 4.59. The largest absolute Gasteiger partial charge is 0.261 e. The Balaban J connectivity index is 2.40. The molecule has 1 heteroatoms. The van der Waals surface area contributed by atoms with Gasteiger partial charge in [-0.1, -0.05) is 27.7 Å². The van der Waals surface area contributed by atoms with Crippen LogP contribution in [0.2, 0.25) is 0 Å². The predicted octanol–water partition coefficient (Wildman–Crippen LogP) is 4.28. The van der Waals surface area contributed by atoms with E-state index in [9.17, 15) is 0 Å². The Morgan fingerprint density at radius 1 is 1.25 bits per heavy atom. The number of pyridine rings is 1. The van der Waals surface area contributed by atoms with Gasteiger partial charge in [-0.3, -0.25) is 4.98 Å². The minimum Gasteiger partial charge on any atom is -0.261 e. The Kier molecular flexibility index (Phi) is 3.32. The van der Waals surface area contributed by atoms with Gasteiger partial charge in [0.25, 0.3) is 0 Å². The van der Waals surface area contributed by atoms with E-state index in [-0.39, 0.29) is 0 Å². The smallest absolute Gasteiger partial charge is 0.0432 e. The van der Waals surface area contributed by atoms with Gasteiger partial charge in [0.15, 0.2) is 0 Å². The van der Waals surface area contributed by atoms with Gasteiger partial charge in [0.05, 0.1) is 0 Å². The topological polar surface area (TPSA) is 12.9 Å². The van der Waals surface area contributed by atoms with E-state index >= 15 is 0 Å². The highest BCUT2D eigenvalue weighted by atomic mass is 14.7. The molecule has 88 valence electrons. The number of rotatable bonds is 2. The van der Waals surface area contributed by atoms with Crippen LogP contribution in [0.15, 0.2) is 12.3 Å². The molecule has 1 heterocycles. The Labute approximate surface area is 99.3 Å². The highest BCUT2D eigenvalue weighted by Gasteiger charge is 2.23. The first-order valence-electron chi connectivity index (χ1n) is 6.58. The second-order valence-corrected chi connectivity index (χ2v) is 5.71. The van der Waals surface area contributed by atoms with Crippen molar-refractivity contribution in [2.75, 3.05) is 0 Å². The van der Waals surface area contributed by atoms with Gasteiger partial charge in [0, 0.05) is 11.9 Å². The number of nitrogens with zero attached hydrogens (tertiary/aromatic N) is 1. The third-order valence-corrected chi connectivity index (χ3v) is 3.80. The molecule has 0 saturated heterocycles. The summed E-state index contributed by atoms with van der Waals surface area (Å²) in [6.07, 6.45) is 6.04. The third-order valence-electron chi connectivity index (χ3n) is 3.80. The molecule has 1 atom stereocenters. The molecule has 1 unspecified atom stereocenters. The Morgan fingerprint density at radius 3 is 2.62 bits per heavy atom. The highest BCUT2D eigenvalue weighted by Crippen LogP contribution is 2.37. The normalized spacial score (nSPS) is 20.2. The van der Waals surface area contributed by atoms with E-state index in [2.05, 4.69) is 44.9 Å². The molecule has 0 radical (unpaired) electrons. The lowest BCUT2D eigenvalue weighted by atomic mass is 9.77. The first-order valence-corrected chi connectivity index (χ1v) is 6.58. The van der Waals surface area contributed by atoms with Crippen LogP contribution in [0.5, 0.6) is 0 Å². The van der Waals surface area contributed by atoms with Crippen molar-refractivity contribution in [3.8, 4) is 0 Å². The van der Waals surface area contributed by atoms with Crippen molar-refractivity contribution in [1.82, 2.24) is 4.98 Å². The molecule has 0 aliphatic heterocycles. The maximum absolute atomic E-state index is 4.59. The van der Waals surface area contributed by atoms with Crippen LogP contribution in [0.25, 0.3) is 0 Å². The summed E-state index contributed by atoms with van der Waals surface area (Å²) < 4.78 is 0. The van der Waals surface area contributed by atoms with Crippen molar-refractivity contribution >= 4 is 0 Å². The lowest BCUT2D eigenvalue weighted by Crippen LogP contribution is -2.16. The molecule has 1 aromatic heterocycles. The zero-order chi connectivity index (χ0) is 11.7. The second-order valence-electron chi connectivity index (χ2n) is 5.71. The van der Waals surface area contributed by atoms with Crippen LogP contribution in [0.1, 0.15) is 69.2 Å². The Morgan fingerprint density at radius 2 is 2.00 bits per heavy atom. The monoisotopic (exact) mass is 217 g/mol. The summed E-state index contributed by atoms with van der Waals surface area (Å²) in [4.78, 5) is 4.59. The number of aryl methyl sites for hydroxylation is 1. The van der Waals surface area contributed by atoms with Crippen molar-refractivity contribution < 1.29 is 0 Å². The van der Waals surface area contributed by atoms with Crippen molar-refractivity contribution in [3.05, 3.63) is 29.1 Å². The molecule has 2 rings (SSSR count). The molecule has 0 spiro atoms. The van der Waals surface area contributed by atoms with Gasteiger partial charge >= 0.3 is 0 Å². The molecule has 1 aliphatic rings. The van der Waals surface area contributed by atoms with Gasteiger partial charge in [0.1, 0.15) is 0 Å². The summed E-state index contributed by atoms with van der Waals surface area (Å²) in [5, 5.41) is 0. The van der Waals surface area contributed by atoms with E-state index in [0.29, 0.717) is 5.92 Å². The molecule has 1 aromatic rings. The van der Waals surface area contributed by atoms with Crippen LogP contribution in [-0.2, 0) is 6.42 Å². The van der Waals surface area contributed by atoms with E-state index in [1.807, 2.05) is 0 Å². The summed E-state index contributed by atoms with van der Waals surface area (Å²) in [5.41, 5.74) is 4.33. The standard InChI is InChI=1S/C15H23N/c1-10(2)13-7-5-6-12-9-16-15(11(3)4)8-14(12)13/h8-11,13H,5-7H2,1-4H3. The zero-order valence-corrected chi connectivity index (χ0v) is 11.0. The first-order chi connectivity index (χ1) is 7.59. The fraction of sp³-hybridized carbons (Fsp3) is 0.667. The number of aromatic nitrogens is 1. The van der Waals surface area contributed by atoms with E-state index in [1.165, 1.54) is 30.5 Å². The average molecular weight is 217 g/mol. The summed E-state index contributed by atoms with van der Waals surface area (Å²) in [5.74, 6) is 2.05. The molecule has 0 fully saturated rings. The maximum Gasteiger partial charge on any atom is 0.0432 e. The highest BCUT2D eigenvalue weighted by molar-refractivity contribution is 5.33. The number of hydrogen-bond acceptors (Lipinski definition) is 1. The van der Waals surface area contributed by atoms with E-state index < -0.39 is 0 Å². The fourth-order valence-electron chi connectivity index (χ4n) is 2.75. The summed E-state index contributed by atoms with van der Waals surface area (Å²) in [6, 6.07) is 2.36. The third kappa shape index (κ3) is 2.14. The fourth-order valence-corrected chi connectivity index (χ4v) is 2.75.